The van der Waals surface area contributed by atoms with Crippen LogP contribution in [0.4, 0.5) is 0 Å². The molecule has 0 spiro atoms. The maximum atomic E-state index is 9.52. The number of H-pyrrole nitrogens is 1. The number of nitrogens with one attached hydrogen (secondary N) is 1. The predicted molar refractivity (Wildman–Crippen MR) is 90.9 cm³/mol. The van der Waals surface area contributed by atoms with Gasteiger partial charge in [0.2, 0.25) is 0 Å². The zero-order valence-electron chi connectivity index (χ0n) is 12.7. The summed E-state index contributed by atoms with van der Waals surface area (Å²) in [5.41, 5.74) is 4.59. The van der Waals surface area contributed by atoms with Crippen LogP contribution in [-0.2, 0) is 0 Å². The summed E-state index contributed by atoms with van der Waals surface area (Å²) in [7, 11) is 0. The monoisotopic (exact) mass is 334 g/mol. The number of rotatable bonds is 2. The summed E-state index contributed by atoms with van der Waals surface area (Å²) < 4.78 is 1.82. The van der Waals surface area contributed by atoms with E-state index in [1.54, 1.807) is 12.3 Å². The van der Waals surface area contributed by atoms with Crippen LogP contribution in [0.5, 0.6) is 0 Å². The molecule has 0 bridgehead atoms. The first kappa shape index (κ1) is 14.4. The molecule has 0 radical (unpaired) electrons. The van der Waals surface area contributed by atoms with E-state index in [4.69, 9.17) is 11.6 Å². The summed E-state index contributed by atoms with van der Waals surface area (Å²) in [6.07, 6.45) is 5.04. The molecule has 1 aromatic carbocycles. The third kappa shape index (κ3) is 2.23. The average Bonchev–Trinajstić information content (AvgIpc) is 3.23. The van der Waals surface area contributed by atoms with Gasteiger partial charge in [-0.3, -0.25) is 5.10 Å². The third-order valence-corrected chi connectivity index (χ3v) is 4.12. The van der Waals surface area contributed by atoms with Gasteiger partial charge in [0.15, 0.2) is 5.65 Å². The first-order valence-corrected chi connectivity index (χ1v) is 7.58. The van der Waals surface area contributed by atoms with Crippen LogP contribution in [0, 0.1) is 18.3 Å². The normalized spacial score (nSPS) is 10.9. The van der Waals surface area contributed by atoms with Crippen molar-refractivity contribution >= 4 is 22.6 Å². The van der Waals surface area contributed by atoms with Gasteiger partial charge in [0.25, 0.3) is 0 Å². The minimum absolute atomic E-state index is 0.505. The van der Waals surface area contributed by atoms with Gasteiger partial charge in [0, 0.05) is 16.8 Å². The molecule has 0 amide bonds. The van der Waals surface area contributed by atoms with Gasteiger partial charge >= 0.3 is 0 Å². The van der Waals surface area contributed by atoms with Crippen LogP contribution >= 0.6 is 11.6 Å². The fourth-order valence-electron chi connectivity index (χ4n) is 2.71. The van der Waals surface area contributed by atoms with Crippen molar-refractivity contribution in [3.05, 3.63) is 59.3 Å². The van der Waals surface area contributed by atoms with Gasteiger partial charge in [0.1, 0.15) is 18.1 Å². The number of nitriles is 1. The van der Waals surface area contributed by atoms with E-state index in [9.17, 15) is 5.26 Å². The van der Waals surface area contributed by atoms with Gasteiger partial charge in [-0.1, -0.05) is 17.7 Å². The number of aryl methyl sites for hydroxylation is 1. The molecule has 0 saturated heterocycles. The van der Waals surface area contributed by atoms with E-state index in [2.05, 4.69) is 26.2 Å². The molecule has 0 aliphatic rings. The third-order valence-electron chi connectivity index (χ3n) is 3.89. The number of halogens is 1. The molecule has 1 N–H and O–H groups in total. The molecule has 0 atom stereocenters. The minimum Gasteiger partial charge on any atom is -0.307 e. The number of aromatic amines is 1. The molecule has 3 aromatic heterocycles. The molecular weight excluding hydrogens is 324 g/mol. The fraction of sp³-hybridized carbons (Fsp3) is 0.0588. The lowest BCUT2D eigenvalue weighted by Gasteiger charge is -2.09. The Hall–Kier alpha value is -3.17. The van der Waals surface area contributed by atoms with Crippen molar-refractivity contribution in [2.24, 2.45) is 0 Å². The molecular formula is C17H11ClN6. The maximum absolute atomic E-state index is 9.52. The smallest absolute Gasteiger partial charge is 0.159 e. The standard InChI is InChI=1S/C17H11ClN6/c1-10-2-3-12(18)5-15(10)24-8-11(4-13(24)6-19)16-14-7-22-23-17(14)21-9-20-16/h2-5,7-9H,1H3,(H,20,21,22,23). The summed E-state index contributed by atoms with van der Waals surface area (Å²) >= 11 is 6.12. The van der Waals surface area contributed by atoms with Crippen molar-refractivity contribution in [3.63, 3.8) is 0 Å². The summed E-state index contributed by atoms with van der Waals surface area (Å²) in [6.45, 7) is 1.98. The number of hydrogen-bond acceptors (Lipinski definition) is 4. The lowest BCUT2D eigenvalue weighted by molar-refractivity contribution is 1.03. The summed E-state index contributed by atoms with van der Waals surface area (Å²) in [4.78, 5) is 8.49. The molecule has 4 rings (SSSR count). The highest BCUT2D eigenvalue weighted by Gasteiger charge is 2.14. The highest BCUT2D eigenvalue weighted by molar-refractivity contribution is 6.30. The molecule has 3 heterocycles. The van der Waals surface area contributed by atoms with Gasteiger partial charge in [-0.05, 0) is 30.7 Å². The van der Waals surface area contributed by atoms with Crippen molar-refractivity contribution in [2.45, 2.75) is 6.92 Å². The quantitative estimate of drug-likeness (QED) is 0.606. The van der Waals surface area contributed by atoms with Crippen LogP contribution in [0.3, 0.4) is 0 Å². The highest BCUT2D eigenvalue weighted by Crippen LogP contribution is 2.29. The molecule has 0 fully saturated rings. The van der Waals surface area contributed by atoms with Gasteiger partial charge in [-0.2, -0.15) is 10.4 Å². The van der Waals surface area contributed by atoms with Crippen LogP contribution < -0.4 is 0 Å². The topological polar surface area (TPSA) is 83.2 Å². The van der Waals surface area contributed by atoms with E-state index in [0.29, 0.717) is 16.4 Å². The zero-order chi connectivity index (χ0) is 16.7. The Bertz CT molecular complexity index is 1100. The van der Waals surface area contributed by atoms with Crippen LogP contribution in [0.1, 0.15) is 11.3 Å². The molecule has 0 unspecified atom stereocenters. The molecule has 0 saturated carbocycles. The molecule has 0 aliphatic heterocycles. The molecule has 4 aromatic rings. The van der Waals surface area contributed by atoms with E-state index in [1.807, 2.05) is 35.9 Å². The number of nitrogens with zero attached hydrogens (tertiary/aromatic N) is 5. The Morgan fingerprint density at radius 3 is 2.96 bits per heavy atom. The van der Waals surface area contributed by atoms with Gasteiger partial charge in [-0.15, -0.1) is 0 Å². The van der Waals surface area contributed by atoms with Gasteiger partial charge in [-0.25, -0.2) is 9.97 Å². The molecule has 0 aliphatic carbocycles. The number of fused-ring (bicyclic) bond motifs is 1. The fourth-order valence-corrected chi connectivity index (χ4v) is 2.88. The number of aromatic nitrogens is 5. The zero-order valence-corrected chi connectivity index (χ0v) is 13.4. The van der Waals surface area contributed by atoms with Crippen molar-refractivity contribution in [3.8, 4) is 23.0 Å². The van der Waals surface area contributed by atoms with Crippen molar-refractivity contribution in [1.82, 2.24) is 24.7 Å². The first-order chi connectivity index (χ1) is 11.7. The van der Waals surface area contributed by atoms with Crippen molar-refractivity contribution in [2.75, 3.05) is 0 Å². The molecule has 116 valence electrons. The summed E-state index contributed by atoms with van der Waals surface area (Å²) in [6, 6.07) is 9.63. The largest absolute Gasteiger partial charge is 0.307 e. The van der Waals surface area contributed by atoms with E-state index in [1.165, 1.54) is 6.33 Å². The first-order valence-electron chi connectivity index (χ1n) is 7.21. The Balaban J connectivity index is 1.95. The molecule has 6 nitrogen and oxygen atoms in total. The SMILES string of the molecule is Cc1ccc(Cl)cc1-n1cc(-c2ncnc3[nH]ncc23)cc1C#N. The molecule has 24 heavy (non-hydrogen) atoms. The van der Waals surface area contributed by atoms with Gasteiger partial charge in [0.05, 0.1) is 23.0 Å². The second-order valence-corrected chi connectivity index (χ2v) is 5.82. The minimum atomic E-state index is 0.505. The maximum Gasteiger partial charge on any atom is 0.159 e. The lowest BCUT2D eigenvalue weighted by atomic mass is 10.2. The van der Waals surface area contributed by atoms with Gasteiger partial charge < -0.3 is 4.57 Å². The second kappa shape index (κ2) is 5.48. The number of benzene rings is 1. The average molecular weight is 335 g/mol. The Morgan fingerprint density at radius 2 is 2.12 bits per heavy atom. The lowest BCUT2D eigenvalue weighted by Crippen LogP contribution is -1.98. The van der Waals surface area contributed by atoms with Crippen molar-refractivity contribution < 1.29 is 0 Å². The van der Waals surface area contributed by atoms with Crippen LogP contribution in [0.25, 0.3) is 28.0 Å². The summed E-state index contributed by atoms with van der Waals surface area (Å²) in [5.74, 6) is 0. The van der Waals surface area contributed by atoms with Crippen LogP contribution in [-0.4, -0.2) is 24.7 Å². The van der Waals surface area contributed by atoms with E-state index >= 15 is 0 Å². The van der Waals surface area contributed by atoms with E-state index in [-0.39, 0.29) is 0 Å². The van der Waals surface area contributed by atoms with Crippen LogP contribution in [0.15, 0.2) is 43.0 Å². The Morgan fingerprint density at radius 1 is 1.25 bits per heavy atom. The molecule has 7 heteroatoms. The van der Waals surface area contributed by atoms with Crippen LogP contribution in [0.2, 0.25) is 5.02 Å². The summed E-state index contributed by atoms with van der Waals surface area (Å²) in [5, 5.41) is 17.8. The highest BCUT2D eigenvalue weighted by atomic mass is 35.5. The Labute approximate surface area is 142 Å². The Kier molecular flexibility index (Phi) is 3.29. The van der Waals surface area contributed by atoms with E-state index in [0.717, 1.165) is 27.9 Å². The predicted octanol–water partition coefficient (Wildman–Crippen LogP) is 3.64. The number of hydrogen-bond donors (Lipinski definition) is 1. The second-order valence-electron chi connectivity index (χ2n) is 5.38. The van der Waals surface area contributed by atoms with Crippen molar-refractivity contribution in [1.29, 1.82) is 5.26 Å². The van der Waals surface area contributed by atoms with E-state index < -0.39 is 0 Å².